The van der Waals surface area contributed by atoms with E-state index in [1.807, 2.05) is 40.7 Å². The Bertz CT molecular complexity index is 508. The van der Waals surface area contributed by atoms with Gasteiger partial charge in [-0.2, -0.15) is 8.42 Å². The van der Waals surface area contributed by atoms with Gasteiger partial charge in [0.05, 0.1) is 4.90 Å². The quantitative estimate of drug-likeness (QED) is 0.825. The van der Waals surface area contributed by atoms with Crippen LogP contribution in [0.4, 0.5) is 0 Å². The summed E-state index contributed by atoms with van der Waals surface area (Å²) in [7, 11) is -4.16. The summed E-state index contributed by atoms with van der Waals surface area (Å²) < 4.78 is 32.1. The van der Waals surface area contributed by atoms with E-state index in [0.29, 0.717) is 5.56 Å². The van der Waals surface area contributed by atoms with E-state index in [4.69, 9.17) is 0 Å². The zero-order chi connectivity index (χ0) is 13.4. The van der Waals surface area contributed by atoms with Gasteiger partial charge in [-0.3, -0.25) is 4.55 Å². The molecule has 0 heterocycles. The molecule has 1 rings (SSSR count). The molecule has 0 aliphatic heterocycles. The molecule has 1 aromatic carbocycles. The lowest BCUT2D eigenvalue weighted by Gasteiger charge is -2.21. The van der Waals surface area contributed by atoms with Crippen LogP contribution in [0, 0.1) is 0 Å². The molecule has 3 nitrogen and oxygen atoms in total. The fourth-order valence-corrected chi connectivity index (χ4v) is 2.58. The third-order valence-electron chi connectivity index (χ3n) is 2.78. The number of hydrogen-bond donors (Lipinski definition) is 1. The third-order valence-corrected chi connectivity index (χ3v) is 3.69. The van der Waals surface area contributed by atoms with Crippen molar-refractivity contribution in [2.24, 2.45) is 0 Å². The van der Waals surface area contributed by atoms with Crippen molar-refractivity contribution in [3.8, 4) is 0 Å². The Labute approximate surface area is 104 Å². The highest BCUT2D eigenvalue weighted by atomic mass is 32.2. The molecule has 0 aliphatic carbocycles. The van der Waals surface area contributed by atoms with Gasteiger partial charge < -0.3 is 0 Å². The van der Waals surface area contributed by atoms with Gasteiger partial charge >= 0.3 is 0 Å². The molecule has 0 radical (unpaired) electrons. The van der Waals surface area contributed by atoms with E-state index in [-0.39, 0.29) is 16.2 Å². The number of rotatable bonds is 2. The van der Waals surface area contributed by atoms with Crippen LogP contribution in [-0.4, -0.2) is 13.0 Å². The van der Waals surface area contributed by atoms with Crippen molar-refractivity contribution >= 4 is 10.1 Å². The van der Waals surface area contributed by atoms with Gasteiger partial charge in [-0.1, -0.05) is 46.8 Å². The Morgan fingerprint density at radius 3 is 2.06 bits per heavy atom. The second-order valence-electron chi connectivity index (χ2n) is 5.63. The SMILES string of the molecule is CC(C)c1ccc(C(C)(C)C)cc1S(=O)(=O)O. The first kappa shape index (κ1) is 14.2. The van der Waals surface area contributed by atoms with Crippen LogP contribution in [0.5, 0.6) is 0 Å². The van der Waals surface area contributed by atoms with E-state index in [1.54, 1.807) is 12.1 Å². The smallest absolute Gasteiger partial charge is 0.282 e. The predicted octanol–water partition coefficient (Wildman–Crippen LogP) is 3.35. The third kappa shape index (κ3) is 3.30. The predicted molar refractivity (Wildman–Crippen MR) is 69.0 cm³/mol. The summed E-state index contributed by atoms with van der Waals surface area (Å²) in [5, 5.41) is 0. The summed E-state index contributed by atoms with van der Waals surface area (Å²) in [5.41, 5.74) is 1.41. The van der Waals surface area contributed by atoms with Crippen molar-refractivity contribution in [3.05, 3.63) is 29.3 Å². The van der Waals surface area contributed by atoms with Gasteiger partial charge in [-0.05, 0) is 28.5 Å². The van der Waals surface area contributed by atoms with Gasteiger partial charge in [0.25, 0.3) is 10.1 Å². The topological polar surface area (TPSA) is 54.4 Å². The Morgan fingerprint density at radius 1 is 1.18 bits per heavy atom. The molecule has 0 saturated carbocycles. The van der Waals surface area contributed by atoms with E-state index in [9.17, 15) is 13.0 Å². The van der Waals surface area contributed by atoms with Crippen LogP contribution in [0.15, 0.2) is 23.1 Å². The van der Waals surface area contributed by atoms with Crippen molar-refractivity contribution < 1.29 is 13.0 Å². The largest absolute Gasteiger partial charge is 0.294 e. The lowest BCUT2D eigenvalue weighted by Crippen LogP contribution is -2.14. The number of hydrogen-bond acceptors (Lipinski definition) is 2. The van der Waals surface area contributed by atoms with Crippen LogP contribution in [0.2, 0.25) is 0 Å². The van der Waals surface area contributed by atoms with Crippen molar-refractivity contribution in [1.29, 1.82) is 0 Å². The molecule has 0 saturated heterocycles. The average Bonchev–Trinajstić information content (AvgIpc) is 2.14. The summed E-state index contributed by atoms with van der Waals surface area (Å²) in [6.45, 7) is 9.82. The van der Waals surface area contributed by atoms with Gasteiger partial charge in [0, 0.05) is 0 Å². The van der Waals surface area contributed by atoms with Crippen LogP contribution >= 0.6 is 0 Å². The maximum absolute atomic E-state index is 11.4. The fourth-order valence-electron chi connectivity index (χ4n) is 1.70. The molecule has 4 heteroatoms. The highest BCUT2D eigenvalue weighted by Crippen LogP contribution is 2.30. The molecule has 0 aliphatic rings. The van der Waals surface area contributed by atoms with Gasteiger partial charge in [0.2, 0.25) is 0 Å². The molecule has 1 aromatic rings. The van der Waals surface area contributed by atoms with E-state index >= 15 is 0 Å². The molecule has 1 N–H and O–H groups in total. The lowest BCUT2D eigenvalue weighted by atomic mass is 9.86. The molecule has 0 unspecified atom stereocenters. The van der Waals surface area contributed by atoms with Crippen molar-refractivity contribution in [2.75, 3.05) is 0 Å². The molecule has 0 aromatic heterocycles. The lowest BCUT2D eigenvalue weighted by molar-refractivity contribution is 0.480. The van der Waals surface area contributed by atoms with Crippen LogP contribution < -0.4 is 0 Å². The molecule has 0 atom stereocenters. The van der Waals surface area contributed by atoms with Gasteiger partial charge in [-0.15, -0.1) is 0 Å². The molecule has 0 spiro atoms. The zero-order valence-electron chi connectivity index (χ0n) is 11.0. The summed E-state index contributed by atoms with van der Waals surface area (Å²) in [5.74, 6) is 0.0564. The Kier molecular flexibility index (Phi) is 3.69. The first-order valence-corrected chi connectivity index (χ1v) is 7.09. The first-order valence-electron chi connectivity index (χ1n) is 5.65. The Balaban J connectivity index is 3.52. The van der Waals surface area contributed by atoms with E-state index in [0.717, 1.165) is 5.56 Å². The average molecular weight is 256 g/mol. The van der Waals surface area contributed by atoms with Crippen LogP contribution in [-0.2, 0) is 15.5 Å². The highest BCUT2D eigenvalue weighted by molar-refractivity contribution is 7.85. The molecule has 0 fully saturated rings. The normalized spacial score (nSPS) is 13.1. The minimum atomic E-state index is -4.16. The summed E-state index contributed by atoms with van der Waals surface area (Å²) in [6, 6.07) is 5.28. The second kappa shape index (κ2) is 4.42. The maximum atomic E-state index is 11.4. The van der Waals surface area contributed by atoms with E-state index in [2.05, 4.69) is 0 Å². The molecule has 0 amide bonds. The van der Waals surface area contributed by atoms with Crippen molar-refractivity contribution in [1.82, 2.24) is 0 Å². The van der Waals surface area contributed by atoms with E-state index in [1.165, 1.54) is 0 Å². The van der Waals surface area contributed by atoms with Crippen LogP contribution in [0.25, 0.3) is 0 Å². The van der Waals surface area contributed by atoms with Gasteiger partial charge in [0.1, 0.15) is 0 Å². The molecule has 0 bridgehead atoms. The minimum Gasteiger partial charge on any atom is -0.282 e. The fraction of sp³-hybridized carbons (Fsp3) is 0.538. The Morgan fingerprint density at radius 2 is 1.71 bits per heavy atom. The Hall–Kier alpha value is -0.870. The van der Waals surface area contributed by atoms with E-state index < -0.39 is 10.1 Å². The summed E-state index contributed by atoms with van der Waals surface area (Å²) >= 11 is 0. The zero-order valence-corrected chi connectivity index (χ0v) is 11.8. The molecular weight excluding hydrogens is 236 g/mol. The van der Waals surface area contributed by atoms with Gasteiger partial charge in [-0.25, -0.2) is 0 Å². The van der Waals surface area contributed by atoms with Gasteiger partial charge in [0.15, 0.2) is 0 Å². The number of benzene rings is 1. The van der Waals surface area contributed by atoms with Crippen LogP contribution in [0.3, 0.4) is 0 Å². The molecule has 17 heavy (non-hydrogen) atoms. The standard InChI is InChI=1S/C13H20O3S/c1-9(2)11-7-6-10(13(3,4)5)8-12(11)17(14,15)16/h6-9H,1-5H3,(H,14,15,16). The van der Waals surface area contributed by atoms with Crippen LogP contribution in [0.1, 0.15) is 51.7 Å². The summed E-state index contributed by atoms with van der Waals surface area (Å²) in [4.78, 5) is 0.0277. The highest BCUT2D eigenvalue weighted by Gasteiger charge is 2.22. The van der Waals surface area contributed by atoms with Crippen molar-refractivity contribution in [3.63, 3.8) is 0 Å². The summed E-state index contributed by atoms with van der Waals surface area (Å²) in [6.07, 6.45) is 0. The molecule has 96 valence electrons. The molecular formula is C13H20O3S. The monoisotopic (exact) mass is 256 g/mol. The first-order chi connectivity index (χ1) is 7.53. The second-order valence-corrected chi connectivity index (χ2v) is 7.02. The maximum Gasteiger partial charge on any atom is 0.294 e. The van der Waals surface area contributed by atoms with Crippen molar-refractivity contribution in [2.45, 2.75) is 50.8 Å². The minimum absolute atomic E-state index is 0.0277.